The Labute approximate surface area is 169 Å². The molecular formula is C21H28F3N5. The highest BCUT2D eigenvalue weighted by atomic mass is 19.4. The van der Waals surface area contributed by atoms with Gasteiger partial charge in [-0.2, -0.15) is 23.4 Å². The quantitative estimate of drug-likeness (QED) is 0.333. The van der Waals surface area contributed by atoms with E-state index in [1.807, 2.05) is 26.0 Å². The van der Waals surface area contributed by atoms with E-state index in [4.69, 9.17) is 0 Å². The zero-order chi connectivity index (χ0) is 21.4. The second-order valence-corrected chi connectivity index (χ2v) is 7.15. The van der Waals surface area contributed by atoms with Gasteiger partial charge in [-0.3, -0.25) is 10.1 Å². The monoisotopic (exact) mass is 407 g/mol. The van der Waals surface area contributed by atoms with Crippen molar-refractivity contribution in [3.05, 3.63) is 54.5 Å². The maximum atomic E-state index is 13.3. The molecule has 0 radical (unpaired) electrons. The van der Waals surface area contributed by atoms with Crippen molar-refractivity contribution in [2.45, 2.75) is 52.3 Å². The second-order valence-electron chi connectivity index (χ2n) is 7.15. The van der Waals surface area contributed by atoms with Gasteiger partial charge in [0.1, 0.15) is 0 Å². The van der Waals surface area contributed by atoms with Crippen LogP contribution in [0.25, 0.3) is 0 Å². The molecular weight excluding hydrogens is 379 g/mol. The van der Waals surface area contributed by atoms with Crippen LogP contribution in [-0.4, -0.2) is 27.7 Å². The van der Waals surface area contributed by atoms with E-state index in [0.29, 0.717) is 0 Å². The summed E-state index contributed by atoms with van der Waals surface area (Å²) in [5, 5.41) is 10.0. The first-order valence-electron chi connectivity index (χ1n) is 9.77. The number of unbranched alkanes of at least 4 members (excludes halogenated alkanes) is 2. The maximum absolute atomic E-state index is 13.3. The van der Waals surface area contributed by atoms with Gasteiger partial charge in [0.25, 0.3) is 0 Å². The number of nitrogens with one attached hydrogen (secondary N) is 2. The summed E-state index contributed by atoms with van der Waals surface area (Å²) < 4.78 is 39.8. The third kappa shape index (κ3) is 5.92. The molecule has 8 heteroatoms. The number of hydrogen-bond donors (Lipinski definition) is 2. The van der Waals surface area contributed by atoms with Crippen LogP contribution in [-0.2, 0) is 6.18 Å². The van der Waals surface area contributed by atoms with E-state index < -0.39 is 11.9 Å². The molecule has 1 aliphatic heterocycles. The molecule has 2 N–H and O–H groups in total. The summed E-state index contributed by atoms with van der Waals surface area (Å²) in [5.41, 5.74) is 3.15. The zero-order valence-electron chi connectivity index (χ0n) is 17.0. The Morgan fingerprint density at radius 2 is 2.14 bits per heavy atom. The molecule has 0 saturated carbocycles. The van der Waals surface area contributed by atoms with E-state index in [2.05, 4.69) is 39.2 Å². The van der Waals surface area contributed by atoms with Gasteiger partial charge in [0, 0.05) is 24.0 Å². The van der Waals surface area contributed by atoms with Crippen LogP contribution < -0.4 is 5.43 Å². The lowest BCUT2D eigenvalue weighted by Gasteiger charge is -2.15. The lowest BCUT2D eigenvalue weighted by Crippen LogP contribution is -2.27. The molecule has 0 aliphatic carbocycles. The zero-order valence-corrected chi connectivity index (χ0v) is 17.0. The first-order chi connectivity index (χ1) is 13.8. The lowest BCUT2D eigenvalue weighted by atomic mass is 9.89. The topological polar surface area (TPSA) is 65.4 Å². The number of allylic oxidation sites excluding steroid dienone is 2. The van der Waals surface area contributed by atoms with Crippen LogP contribution in [0.2, 0.25) is 0 Å². The summed E-state index contributed by atoms with van der Waals surface area (Å²) in [6.07, 6.45) is 8.02. The van der Waals surface area contributed by atoms with Crippen molar-refractivity contribution < 1.29 is 13.2 Å². The first kappa shape index (κ1) is 22.6. The summed E-state index contributed by atoms with van der Waals surface area (Å²) in [6, 6.07) is -0.0675. The van der Waals surface area contributed by atoms with Crippen molar-refractivity contribution in [3.8, 4) is 0 Å². The molecule has 158 valence electrons. The summed E-state index contributed by atoms with van der Waals surface area (Å²) >= 11 is 0. The Balaban J connectivity index is 2.34. The standard InChI is InChI=1S/C21H28F3N5/c1-5-7-8-9-10-18(16-13-26-29-20(16)21(22,23)24)25-12-11-15-17(6-2)27-28-19(15)14(3)4/h6,9-15,17,27H,2,5,7-8H2,1,3-4H3,(H,26,29)/b10-9+,12-11+,25-18+. The number of nitrogens with zero attached hydrogens (tertiary/aromatic N) is 3. The molecule has 0 spiro atoms. The average Bonchev–Trinajstić information content (AvgIpc) is 3.30. The van der Waals surface area contributed by atoms with Crippen molar-refractivity contribution in [1.29, 1.82) is 0 Å². The molecule has 1 aromatic rings. The number of hydrazone groups is 1. The van der Waals surface area contributed by atoms with Gasteiger partial charge >= 0.3 is 6.18 Å². The molecule has 0 bridgehead atoms. The molecule has 0 aromatic carbocycles. The van der Waals surface area contributed by atoms with E-state index >= 15 is 0 Å². The number of aromatic nitrogens is 2. The van der Waals surface area contributed by atoms with Crippen LogP contribution >= 0.6 is 0 Å². The highest BCUT2D eigenvalue weighted by Gasteiger charge is 2.37. The maximum Gasteiger partial charge on any atom is 0.435 e. The fourth-order valence-corrected chi connectivity index (χ4v) is 3.06. The largest absolute Gasteiger partial charge is 0.435 e. The molecule has 0 amide bonds. The van der Waals surface area contributed by atoms with E-state index in [0.717, 1.165) is 25.0 Å². The van der Waals surface area contributed by atoms with Crippen molar-refractivity contribution >= 4 is 11.4 Å². The van der Waals surface area contributed by atoms with Crippen molar-refractivity contribution in [1.82, 2.24) is 15.6 Å². The lowest BCUT2D eigenvalue weighted by molar-refractivity contribution is -0.141. The number of rotatable bonds is 9. The van der Waals surface area contributed by atoms with E-state index in [9.17, 15) is 13.2 Å². The molecule has 2 unspecified atom stereocenters. The number of aliphatic imine (C=N–C) groups is 1. The van der Waals surface area contributed by atoms with Crippen LogP contribution in [0.4, 0.5) is 13.2 Å². The summed E-state index contributed by atoms with van der Waals surface area (Å²) in [4.78, 5) is 4.34. The van der Waals surface area contributed by atoms with Gasteiger partial charge in [0.15, 0.2) is 5.69 Å². The van der Waals surface area contributed by atoms with E-state index in [-0.39, 0.29) is 29.2 Å². The third-order valence-electron chi connectivity index (χ3n) is 4.61. The number of alkyl halides is 3. The predicted octanol–water partition coefficient (Wildman–Crippen LogP) is 5.26. The molecule has 2 atom stereocenters. The highest BCUT2D eigenvalue weighted by molar-refractivity contribution is 6.09. The average molecular weight is 407 g/mol. The highest BCUT2D eigenvalue weighted by Crippen LogP contribution is 2.30. The number of halogens is 3. The Morgan fingerprint density at radius 1 is 1.38 bits per heavy atom. The van der Waals surface area contributed by atoms with Crippen LogP contribution in [0.15, 0.2) is 53.4 Å². The van der Waals surface area contributed by atoms with Crippen LogP contribution in [0.1, 0.15) is 51.3 Å². The molecule has 1 aliphatic rings. The summed E-state index contributed by atoms with van der Waals surface area (Å²) in [5.74, 6) is 0.179. The third-order valence-corrected chi connectivity index (χ3v) is 4.61. The normalized spacial score (nSPS) is 20.7. The van der Waals surface area contributed by atoms with Crippen molar-refractivity contribution in [2.24, 2.45) is 21.9 Å². The Kier molecular flexibility index (Phi) is 7.99. The molecule has 2 heterocycles. The van der Waals surface area contributed by atoms with Gasteiger partial charge in [-0.15, -0.1) is 6.58 Å². The number of aromatic amines is 1. The number of hydrogen-bond acceptors (Lipinski definition) is 4. The van der Waals surface area contributed by atoms with Crippen molar-refractivity contribution in [2.75, 3.05) is 0 Å². The van der Waals surface area contributed by atoms with Gasteiger partial charge in [0.2, 0.25) is 0 Å². The second kappa shape index (κ2) is 10.2. The summed E-state index contributed by atoms with van der Waals surface area (Å²) in [7, 11) is 0. The summed E-state index contributed by atoms with van der Waals surface area (Å²) in [6.45, 7) is 9.95. The first-order valence-corrected chi connectivity index (χ1v) is 9.77. The van der Waals surface area contributed by atoms with Gasteiger partial charge < -0.3 is 5.43 Å². The van der Waals surface area contributed by atoms with Crippen LogP contribution in [0, 0.1) is 11.8 Å². The minimum absolute atomic E-state index is 0.0481. The van der Waals surface area contributed by atoms with Gasteiger partial charge in [0.05, 0.1) is 17.3 Å². The fourth-order valence-electron chi connectivity index (χ4n) is 3.06. The molecule has 0 saturated heterocycles. The van der Waals surface area contributed by atoms with Gasteiger partial charge in [-0.05, 0) is 18.4 Å². The van der Waals surface area contributed by atoms with Crippen LogP contribution in [0.5, 0.6) is 0 Å². The minimum atomic E-state index is -4.56. The fraction of sp³-hybridized carbons (Fsp3) is 0.476. The molecule has 5 nitrogen and oxygen atoms in total. The smallest absolute Gasteiger partial charge is 0.302 e. The van der Waals surface area contributed by atoms with E-state index in [1.165, 1.54) is 6.20 Å². The molecule has 29 heavy (non-hydrogen) atoms. The van der Waals surface area contributed by atoms with E-state index in [1.54, 1.807) is 18.4 Å². The Hall–Kier alpha value is -2.64. The molecule has 2 rings (SSSR count). The van der Waals surface area contributed by atoms with Crippen molar-refractivity contribution in [3.63, 3.8) is 0 Å². The molecule has 1 aromatic heterocycles. The Morgan fingerprint density at radius 3 is 2.76 bits per heavy atom. The predicted molar refractivity (Wildman–Crippen MR) is 111 cm³/mol. The SMILES string of the molecule is C=CC1NN=C(C(C)C)C1/C=C/N=C(\C=C\CCCC)c1c[nH]nc1C(F)(F)F. The van der Waals surface area contributed by atoms with Gasteiger partial charge in [-0.1, -0.05) is 51.8 Å². The Bertz CT molecular complexity index is 799. The number of H-pyrrole nitrogens is 1. The van der Waals surface area contributed by atoms with Gasteiger partial charge in [-0.25, -0.2) is 0 Å². The molecule has 0 fully saturated rings. The van der Waals surface area contributed by atoms with Crippen LogP contribution in [0.3, 0.4) is 0 Å². The minimum Gasteiger partial charge on any atom is -0.302 e.